The Labute approximate surface area is 162 Å². The normalized spacial score (nSPS) is 12.3. The van der Waals surface area contributed by atoms with Gasteiger partial charge in [-0.25, -0.2) is 9.37 Å². The van der Waals surface area contributed by atoms with Crippen molar-refractivity contribution in [2.75, 3.05) is 5.32 Å². The molecule has 3 heterocycles. The molecule has 1 atom stereocenters. The van der Waals surface area contributed by atoms with Crippen LogP contribution < -0.4 is 10.9 Å². The van der Waals surface area contributed by atoms with Gasteiger partial charge in [0.25, 0.3) is 5.56 Å². The Morgan fingerprint density at radius 2 is 2.19 bits per heavy atom. The molecule has 0 fully saturated rings. The lowest BCUT2D eigenvalue weighted by atomic mass is 10.1. The lowest BCUT2D eigenvalue weighted by Gasteiger charge is -2.13. The van der Waals surface area contributed by atoms with Crippen molar-refractivity contribution >= 4 is 39.0 Å². The molecule has 3 aromatic heterocycles. The fourth-order valence-electron chi connectivity index (χ4n) is 2.79. The number of anilines is 1. The van der Waals surface area contributed by atoms with Crippen LogP contribution in [0.25, 0.3) is 22.2 Å². The van der Waals surface area contributed by atoms with Crippen molar-refractivity contribution in [3.05, 3.63) is 74.9 Å². The van der Waals surface area contributed by atoms with E-state index in [2.05, 4.69) is 20.3 Å². The molecule has 0 bridgehead atoms. The lowest BCUT2D eigenvalue weighted by Crippen LogP contribution is -2.19. The van der Waals surface area contributed by atoms with Gasteiger partial charge in [-0.05, 0) is 37.3 Å². The maximum Gasteiger partial charge on any atom is 0.253 e. The summed E-state index contributed by atoms with van der Waals surface area (Å²) in [6, 6.07) is 7.94. The van der Waals surface area contributed by atoms with Crippen LogP contribution in [0.2, 0.25) is 5.02 Å². The van der Waals surface area contributed by atoms with Crippen LogP contribution in [-0.2, 0) is 0 Å². The summed E-state index contributed by atoms with van der Waals surface area (Å²) >= 11 is 7.30. The van der Waals surface area contributed by atoms with E-state index in [-0.39, 0.29) is 16.6 Å². The third-order valence-electron chi connectivity index (χ3n) is 4.18. The number of H-pyrrole nitrogens is 1. The summed E-state index contributed by atoms with van der Waals surface area (Å²) in [6.45, 7) is 1.87. The maximum atomic E-state index is 13.6. The van der Waals surface area contributed by atoms with Crippen LogP contribution >= 0.6 is 22.9 Å². The molecule has 4 aromatic rings. The zero-order valence-electron chi connectivity index (χ0n) is 14.2. The number of nitrogens with one attached hydrogen (secondary N) is 2. The van der Waals surface area contributed by atoms with E-state index < -0.39 is 5.82 Å². The van der Waals surface area contributed by atoms with Gasteiger partial charge in [-0.2, -0.15) is 0 Å². The van der Waals surface area contributed by atoms with E-state index in [1.54, 1.807) is 18.5 Å². The Kier molecular flexibility index (Phi) is 4.63. The van der Waals surface area contributed by atoms with Gasteiger partial charge in [-0.3, -0.25) is 9.78 Å². The molecule has 5 nitrogen and oxygen atoms in total. The predicted octanol–water partition coefficient (Wildman–Crippen LogP) is 5.01. The van der Waals surface area contributed by atoms with Crippen LogP contribution in [0.5, 0.6) is 0 Å². The van der Waals surface area contributed by atoms with Gasteiger partial charge in [0.2, 0.25) is 0 Å². The fraction of sp³-hybridized carbons (Fsp3) is 0.105. The summed E-state index contributed by atoms with van der Waals surface area (Å²) in [5, 5.41) is 6.54. The molecule has 4 rings (SSSR count). The lowest BCUT2D eigenvalue weighted by molar-refractivity contribution is 0.629. The summed E-state index contributed by atoms with van der Waals surface area (Å²) in [4.78, 5) is 23.8. The molecule has 27 heavy (non-hydrogen) atoms. The van der Waals surface area contributed by atoms with E-state index in [4.69, 9.17) is 11.6 Å². The van der Waals surface area contributed by atoms with Crippen LogP contribution in [0.15, 0.2) is 52.9 Å². The van der Waals surface area contributed by atoms with Gasteiger partial charge in [0.1, 0.15) is 5.82 Å². The number of nitrogens with zero attached hydrogens (tertiary/aromatic N) is 2. The van der Waals surface area contributed by atoms with Gasteiger partial charge in [-0.15, -0.1) is 11.3 Å². The molecule has 1 aromatic carbocycles. The Morgan fingerprint density at radius 1 is 1.33 bits per heavy atom. The fourth-order valence-corrected chi connectivity index (χ4v) is 3.77. The van der Waals surface area contributed by atoms with E-state index in [1.165, 1.54) is 23.5 Å². The summed E-state index contributed by atoms with van der Waals surface area (Å²) in [6.07, 6.45) is 3.46. The van der Waals surface area contributed by atoms with E-state index in [0.717, 1.165) is 11.3 Å². The number of hydrogen-bond acceptors (Lipinski definition) is 5. The molecule has 0 aliphatic carbocycles. The van der Waals surface area contributed by atoms with E-state index in [1.807, 2.05) is 24.4 Å². The van der Waals surface area contributed by atoms with E-state index in [0.29, 0.717) is 21.6 Å². The number of halogens is 2. The topological polar surface area (TPSA) is 70.7 Å². The highest BCUT2D eigenvalue weighted by Gasteiger charge is 2.14. The van der Waals surface area contributed by atoms with Crippen LogP contribution in [0.3, 0.4) is 0 Å². The van der Waals surface area contributed by atoms with Crippen molar-refractivity contribution in [2.45, 2.75) is 13.0 Å². The number of pyridine rings is 2. The number of hydrogen-bond donors (Lipinski definition) is 2. The Balaban J connectivity index is 1.62. The van der Waals surface area contributed by atoms with Crippen molar-refractivity contribution in [3.63, 3.8) is 0 Å². The van der Waals surface area contributed by atoms with Gasteiger partial charge in [-0.1, -0.05) is 11.6 Å². The van der Waals surface area contributed by atoms with Crippen LogP contribution in [-0.4, -0.2) is 15.0 Å². The molecule has 0 amide bonds. The zero-order valence-corrected chi connectivity index (χ0v) is 15.7. The third-order valence-corrected chi connectivity index (χ3v) is 5.24. The first kappa shape index (κ1) is 17.6. The molecule has 2 N–H and O–H groups in total. The van der Waals surface area contributed by atoms with Crippen LogP contribution in [0.1, 0.15) is 18.5 Å². The molecule has 0 saturated heterocycles. The molecular formula is C19H14ClFN4OS. The van der Waals surface area contributed by atoms with Gasteiger partial charge < -0.3 is 10.3 Å². The highest BCUT2D eigenvalue weighted by atomic mass is 35.5. The molecule has 136 valence electrons. The van der Waals surface area contributed by atoms with E-state index >= 15 is 0 Å². The van der Waals surface area contributed by atoms with Crippen molar-refractivity contribution in [3.8, 4) is 11.3 Å². The highest BCUT2D eigenvalue weighted by molar-refractivity contribution is 7.14. The Hall–Kier alpha value is -2.77. The highest BCUT2D eigenvalue weighted by Crippen LogP contribution is 2.28. The number of rotatable bonds is 4. The van der Waals surface area contributed by atoms with Gasteiger partial charge >= 0.3 is 0 Å². The number of aromatic nitrogens is 3. The minimum absolute atomic E-state index is 0.0159. The first-order valence-electron chi connectivity index (χ1n) is 8.15. The number of fused-ring (bicyclic) bond motifs is 1. The summed E-state index contributed by atoms with van der Waals surface area (Å²) in [5.74, 6) is -0.565. The Morgan fingerprint density at radius 3 is 2.96 bits per heavy atom. The SMILES string of the molecule is CC(Nc1nc(-c2cccnc2)cs1)c1cc2cc(Cl)c(F)cc2[nH]c1=O. The van der Waals surface area contributed by atoms with Crippen LogP contribution in [0.4, 0.5) is 9.52 Å². The largest absolute Gasteiger partial charge is 0.355 e. The number of aromatic amines is 1. The maximum absolute atomic E-state index is 13.6. The second kappa shape index (κ2) is 7.09. The van der Waals surface area contributed by atoms with Gasteiger partial charge in [0, 0.05) is 34.3 Å². The second-order valence-electron chi connectivity index (χ2n) is 6.05. The Bertz CT molecular complexity index is 1180. The monoisotopic (exact) mass is 400 g/mol. The molecule has 0 saturated carbocycles. The standard InChI is InChI=1S/C19H14ClFN4OS/c1-10(23-19-25-17(9-27-19)11-3-2-4-22-8-11)13-5-12-6-14(20)15(21)7-16(12)24-18(13)26/h2-10H,1H3,(H,23,25)(H,24,26). The number of benzene rings is 1. The average Bonchev–Trinajstić information content (AvgIpc) is 3.12. The molecule has 8 heteroatoms. The minimum atomic E-state index is -0.565. The molecule has 0 spiro atoms. The summed E-state index contributed by atoms with van der Waals surface area (Å²) < 4.78 is 13.6. The quantitative estimate of drug-likeness (QED) is 0.505. The van der Waals surface area contributed by atoms with Crippen LogP contribution in [0, 0.1) is 5.82 Å². The first-order valence-corrected chi connectivity index (χ1v) is 9.41. The van der Waals surface area contributed by atoms with Crippen molar-refractivity contribution in [1.29, 1.82) is 0 Å². The molecular weight excluding hydrogens is 387 g/mol. The molecule has 0 aliphatic heterocycles. The zero-order chi connectivity index (χ0) is 19.0. The summed E-state index contributed by atoms with van der Waals surface area (Å²) in [7, 11) is 0. The van der Waals surface area contributed by atoms with Gasteiger partial charge in [0.05, 0.1) is 22.3 Å². The van der Waals surface area contributed by atoms with Crippen molar-refractivity contribution < 1.29 is 4.39 Å². The average molecular weight is 401 g/mol. The van der Waals surface area contributed by atoms with E-state index in [9.17, 15) is 9.18 Å². The smallest absolute Gasteiger partial charge is 0.253 e. The second-order valence-corrected chi connectivity index (χ2v) is 7.32. The molecule has 1 unspecified atom stereocenters. The molecule has 0 radical (unpaired) electrons. The number of thiazole rings is 1. The van der Waals surface area contributed by atoms with Crippen molar-refractivity contribution in [2.24, 2.45) is 0 Å². The van der Waals surface area contributed by atoms with Crippen molar-refractivity contribution in [1.82, 2.24) is 15.0 Å². The third kappa shape index (κ3) is 3.56. The summed E-state index contributed by atoms with van der Waals surface area (Å²) in [5.41, 5.74) is 2.38. The molecule has 0 aliphatic rings. The minimum Gasteiger partial charge on any atom is -0.355 e. The first-order chi connectivity index (χ1) is 13.0. The predicted molar refractivity (Wildman–Crippen MR) is 107 cm³/mol. The van der Waals surface area contributed by atoms with Gasteiger partial charge in [0.15, 0.2) is 5.13 Å².